The van der Waals surface area contributed by atoms with Crippen molar-refractivity contribution in [2.24, 2.45) is 0 Å². The summed E-state index contributed by atoms with van der Waals surface area (Å²) in [6.45, 7) is 11.7. The third kappa shape index (κ3) is 5.39. The first-order chi connectivity index (χ1) is 26.6. The van der Waals surface area contributed by atoms with Crippen molar-refractivity contribution in [2.45, 2.75) is 45.4 Å². The molecule has 0 bridgehead atoms. The SMILES string of the molecule is CC(C)(C)c1ccc2c(c1)C(C)(C)c1cccc(-c3ccccc3N(c3cccc(-c4ccc5ccccc5c4)c3)c3ccc4c(c3)oc3ccccc34)c1-2. The lowest BCUT2D eigenvalue weighted by Gasteiger charge is -2.29. The molecule has 0 amide bonds. The van der Waals surface area contributed by atoms with Gasteiger partial charge in [-0.15, -0.1) is 0 Å². The summed E-state index contributed by atoms with van der Waals surface area (Å²) in [6.07, 6.45) is 0. The predicted octanol–water partition coefficient (Wildman–Crippen LogP) is 15.1. The fourth-order valence-corrected chi connectivity index (χ4v) is 8.85. The lowest BCUT2D eigenvalue weighted by atomic mass is 9.79. The zero-order chi connectivity index (χ0) is 37.5. The molecule has 1 aliphatic carbocycles. The first kappa shape index (κ1) is 33.2. The van der Waals surface area contributed by atoms with Crippen molar-refractivity contribution in [3.63, 3.8) is 0 Å². The van der Waals surface area contributed by atoms with Gasteiger partial charge in [0.2, 0.25) is 0 Å². The van der Waals surface area contributed by atoms with E-state index >= 15 is 0 Å². The van der Waals surface area contributed by atoms with Crippen molar-refractivity contribution in [1.82, 2.24) is 0 Å². The van der Waals surface area contributed by atoms with Crippen LogP contribution in [0.4, 0.5) is 17.1 Å². The molecule has 0 aliphatic heterocycles. The molecule has 1 heterocycles. The summed E-state index contributed by atoms with van der Waals surface area (Å²) in [5.74, 6) is 0. The smallest absolute Gasteiger partial charge is 0.137 e. The van der Waals surface area contributed by atoms with Gasteiger partial charge in [-0.05, 0) is 103 Å². The minimum absolute atomic E-state index is 0.0676. The van der Waals surface area contributed by atoms with Gasteiger partial charge >= 0.3 is 0 Å². The molecular weight excluding hydrogens is 667 g/mol. The van der Waals surface area contributed by atoms with E-state index < -0.39 is 0 Å². The standard InChI is InChI=1S/C53H43NO/c1-52(2,3)38-26-28-45-47(32-38)53(4,5)46-21-13-20-44(51(45)46)41-18-8-10-22-48(41)54(40-27-29-43-42-19-9-11-23-49(42)55-50(43)33-40)39-17-12-16-36(31-39)37-25-24-34-14-6-7-15-35(34)30-37/h6-33H,1-5H3. The van der Waals surface area contributed by atoms with Crippen LogP contribution in [0, 0.1) is 0 Å². The molecular formula is C53H43NO. The lowest BCUT2D eigenvalue weighted by Crippen LogP contribution is -2.17. The number of benzene rings is 8. The van der Waals surface area contributed by atoms with Crippen molar-refractivity contribution < 1.29 is 4.42 Å². The van der Waals surface area contributed by atoms with E-state index in [9.17, 15) is 0 Å². The van der Waals surface area contributed by atoms with E-state index in [0.29, 0.717) is 0 Å². The number of para-hydroxylation sites is 2. The zero-order valence-electron chi connectivity index (χ0n) is 32.0. The van der Waals surface area contributed by atoms with Gasteiger partial charge in [-0.25, -0.2) is 0 Å². The molecule has 0 saturated heterocycles. The molecule has 55 heavy (non-hydrogen) atoms. The Hall–Kier alpha value is -6.38. The fourth-order valence-electron chi connectivity index (χ4n) is 8.85. The summed E-state index contributed by atoms with van der Waals surface area (Å²) in [6, 6.07) is 62.2. The number of fused-ring (bicyclic) bond motifs is 7. The van der Waals surface area contributed by atoms with Crippen molar-refractivity contribution in [2.75, 3.05) is 4.90 Å². The molecule has 9 aromatic rings. The molecule has 0 spiro atoms. The number of rotatable bonds is 5. The van der Waals surface area contributed by atoms with Gasteiger partial charge in [-0.2, -0.15) is 0 Å². The summed E-state index contributed by atoms with van der Waals surface area (Å²) in [5, 5.41) is 4.72. The van der Waals surface area contributed by atoms with Crippen LogP contribution in [0.1, 0.15) is 51.3 Å². The molecule has 266 valence electrons. The van der Waals surface area contributed by atoms with Gasteiger partial charge in [0.05, 0.1) is 5.69 Å². The van der Waals surface area contributed by atoms with Crippen LogP contribution in [0.2, 0.25) is 0 Å². The Morgan fingerprint density at radius 3 is 2.05 bits per heavy atom. The Balaban J connectivity index is 1.19. The van der Waals surface area contributed by atoms with Crippen molar-refractivity contribution >= 4 is 49.8 Å². The molecule has 1 aliphatic rings. The molecule has 0 fully saturated rings. The Morgan fingerprint density at radius 2 is 1.18 bits per heavy atom. The van der Waals surface area contributed by atoms with E-state index in [1.54, 1.807) is 0 Å². The second-order valence-electron chi connectivity index (χ2n) is 16.6. The number of nitrogens with zero attached hydrogens (tertiary/aromatic N) is 1. The lowest BCUT2D eigenvalue weighted by molar-refractivity contribution is 0.584. The van der Waals surface area contributed by atoms with Crippen molar-refractivity contribution in [3.8, 4) is 33.4 Å². The minimum Gasteiger partial charge on any atom is -0.456 e. The van der Waals surface area contributed by atoms with E-state index in [4.69, 9.17) is 4.42 Å². The van der Waals surface area contributed by atoms with Crippen molar-refractivity contribution in [3.05, 3.63) is 187 Å². The highest BCUT2D eigenvalue weighted by Gasteiger charge is 2.38. The summed E-state index contributed by atoms with van der Waals surface area (Å²) < 4.78 is 6.49. The topological polar surface area (TPSA) is 16.4 Å². The predicted molar refractivity (Wildman–Crippen MR) is 233 cm³/mol. The molecule has 1 aromatic heterocycles. The maximum absolute atomic E-state index is 6.49. The van der Waals surface area contributed by atoms with Crippen LogP contribution < -0.4 is 4.90 Å². The van der Waals surface area contributed by atoms with Gasteiger partial charge in [-0.3, -0.25) is 0 Å². The minimum atomic E-state index is -0.128. The van der Waals surface area contributed by atoms with Crippen LogP contribution in [0.25, 0.3) is 66.1 Å². The Labute approximate surface area is 323 Å². The molecule has 2 heteroatoms. The van der Waals surface area contributed by atoms with E-state index in [0.717, 1.165) is 39.0 Å². The molecule has 0 N–H and O–H groups in total. The van der Waals surface area contributed by atoms with Crippen LogP contribution in [0.5, 0.6) is 0 Å². The Kier molecular flexibility index (Phi) is 7.44. The van der Waals surface area contributed by atoms with Crippen molar-refractivity contribution in [1.29, 1.82) is 0 Å². The fraction of sp³-hybridized carbons (Fsp3) is 0.132. The maximum Gasteiger partial charge on any atom is 0.137 e. The summed E-state index contributed by atoms with van der Waals surface area (Å²) in [7, 11) is 0. The normalized spacial score (nSPS) is 13.3. The summed E-state index contributed by atoms with van der Waals surface area (Å²) in [5.41, 5.74) is 16.5. The van der Waals surface area contributed by atoms with Crippen LogP contribution in [0.15, 0.2) is 174 Å². The largest absolute Gasteiger partial charge is 0.456 e. The maximum atomic E-state index is 6.49. The number of furan rings is 1. The highest BCUT2D eigenvalue weighted by Crippen LogP contribution is 2.54. The highest BCUT2D eigenvalue weighted by molar-refractivity contribution is 6.07. The third-order valence-corrected chi connectivity index (χ3v) is 11.8. The van der Waals surface area contributed by atoms with Crippen LogP contribution in [-0.4, -0.2) is 0 Å². The average Bonchev–Trinajstić information content (AvgIpc) is 3.69. The second kappa shape index (κ2) is 12.3. The number of anilines is 3. The highest BCUT2D eigenvalue weighted by atomic mass is 16.3. The van der Waals surface area contributed by atoms with Crippen LogP contribution >= 0.6 is 0 Å². The van der Waals surface area contributed by atoms with Gasteiger partial charge in [0, 0.05) is 39.2 Å². The van der Waals surface area contributed by atoms with Crippen LogP contribution in [0.3, 0.4) is 0 Å². The first-order valence-corrected chi connectivity index (χ1v) is 19.3. The van der Waals surface area contributed by atoms with Gasteiger partial charge in [-0.1, -0.05) is 156 Å². The van der Waals surface area contributed by atoms with E-state index in [-0.39, 0.29) is 10.8 Å². The Bertz CT molecular complexity index is 2950. The number of hydrogen-bond acceptors (Lipinski definition) is 2. The van der Waals surface area contributed by atoms with E-state index in [1.165, 1.54) is 60.8 Å². The molecule has 2 nitrogen and oxygen atoms in total. The molecule has 10 rings (SSSR count). The monoisotopic (exact) mass is 709 g/mol. The van der Waals surface area contributed by atoms with Gasteiger partial charge in [0.1, 0.15) is 11.2 Å². The third-order valence-electron chi connectivity index (χ3n) is 11.8. The van der Waals surface area contributed by atoms with E-state index in [2.05, 4.69) is 203 Å². The molecule has 0 unspecified atom stereocenters. The summed E-state index contributed by atoms with van der Waals surface area (Å²) >= 11 is 0. The summed E-state index contributed by atoms with van der Waals surface area (Å²) in [4.78, 5) is 2.41. The average molecular weight is 710 g/mol. The molecule has 0 saturated carbocycles. The quantitative estimate of drug-likeness (QED) is 0.177. The molecule has 8 aromatic carbocycles. The zero-order valence-corrected chi connectivity index (χ0v) is 32.0. The van der Waals surface area contributed by atoms with Crippen LogP contribution in [-0.2, 0) is 10.8 Å². The molecule has 0 radical (unpaired) electrons. The van der Waals surface area contributed by atoms with Gasteiger partial charge < -0.3 is 9.32 Å². The first-order valence-electron chi connectivity index (χ1n) is 19.3. The molecule has 0 atom stereocenters. The Morgan fingerprint density at radius 1 is 0.473 bits per heavy atom. The van der Waals surface area contributed by atoms with E-state index in [1.807, 2.05) is 6.07 Å². The second-order valence-corrected chi connectivity index (χ2v) is 16.6. The van der Waals surface area contributed by atoms with Gasteiger partial charge in [0.15, 0.2) is 0 Å². The number of hydrogen-bond donors (Lipinski definition) is 0. The van der Waals surface area contributed by atoms with Gasteiger partial charge in [0.25, 0.3) is 0 Å².